The van der Waals surface area contributed by atoms with Gasteiger partial charge in [0, 0.05) is 63.5 Å². The Hall–Kier alpha value is -2.22. The summed E-state index contributed by atoms with van der Waals surface area (Å²) in [5.41, 5.74) is 1.22. The number of piperazine rings is 1. The summed E-state index contributed by atoms with van der Waals surface area (Å²) in [6.45, 7) is 8.46. The van der Waals surface area contributed by atoms with Crippen molar-refractivity contribution < 1.29 is 13.6 Å². The van der Waals surface area contributed by atoms with E-state index in [1.54, 1.807) is 12.3 Å². The first-order valence-corrected chi connectivity index (χ1v) is 9.97. The third kappa shape index (κ3) is 3.83. The summed E-state index contributed by atoms with van der Waals surface area (Å²) in [7, 11) is 0. The van der Waals surface area contributed by atoms with Crippen LogP contribution in [0.4, 0.5) is 14.6 Å². The molecular formula is C20H27F2N5O. The van der Waals surface area contributed by atoms with Gasteiger partial charge in [-0.15, -0.1) is 0 Å². The summed E-state index contributed by atoms with van der Waals surface area (Å²) in [6, 6.07) is 4.35. The largest absolute Gasteiger partial charge is 0.354 e. The van der Waals surface area contributed by atoms with Gasteiger partial charge in [-0.25, -0.2) is 13.8 Å². The van der Waals surface area contributed by atoms with Crippen molar-refractivity contribution in [2.24, 2.45) is 0 Å². The predicted octanol–water partition coefficient (Wildman–Crippen LogP) is 2.96. The second kappa shape index (κ2) is 7.31. The molecule has 0 radical (unpaired) electrons. The monoisotopic (exact) mass is 391 g/mol. The van der Waals surface area contributed by atoms with E-state index in [9.17, 15) is 13.6 Å². The van der Waals surface area contributed by atoms with Crippen LogP contribution in [0.2, 0.25) is 0 Å². The molecule has 8 heteroatoms. The Kier molecular flexibility index (Phi) is 4.99. The molecule has 0 bridgehead atoms. The number of aromatic nitrogens is 2. The Morgan fingerprint density at radius 1 is 1.11 bits per heavy atom. The minimum Gasteiger partial charge on any atom is -0.354 e. The van der Waals surface area contributed by atoms with Crippen LogP contribution in [-0.4, -0.2) is 76.9 Å². The van der Waals surface area contributed by atoms with Gasteiger partial charge in [0.05, 0.1) is 11.7 Å². The highest BCUT2D eigenvalue weighted by Crippen LogP contribution is 2.29. The fraction of sp³-hybridized carbons (Fsp3) is 0.600. The molecule has 4 rings (SSSR count). The Morgan fingerprint density at radius 2 is 1.79 bits per heavy atom. The lowest BCUT2D eigenvalue weighted by molar-refractivity contribution is -0.0495. The summed E-state index contributed by atoms with van der Waals surface area (Å²) in [4.78, 5) is 26.5. The molecule has 0 aromatic carbocycles. The lowest BCUT2D eigenvalue weighted by Gasteiger charge is -2.37. The number of H-pyrrole nitrogens is 1. The highest BCUT2D eigenvalue weighted by Gasteiger charge is 2.36. The van der Waals surface area contributed by atoms with Crippen LogP contribution >= 0.6 is 0 Å². The number of carbonyl (C=O) groups excluding carboxylic acids is 1. The highest BCUT2D eigenvalue weighted by molar-refractivity contribution is 5.98. The van der Waals surface area contributed by atoms with E-state index in [1.165, 1.54) is 4.90 Å². The Morgan fingerprint density at radius 3 is 2.43 bits per heavy atom. The van der Waals surface area contributed by atoms with Gasteiger partial charge >= 0.3 is 0 Å². The van der Waals surface area contributed by atoms with Gasteiger partial charge in [-0.1, -0.05) is 0 Å². The van der Waals surface area contributed by atoms with Gasteiger partial charge < -0.3 is 14.8 Å². The van der Waals surface area contributed by atoms with Gasteiger partial charge in [0.15, 0.2) is 0 Å². The molecule has 2 aromatic heterocycles. The van der Waals surface area contributed by atoms with Crippen LogP contribution in [0.15, 0.2) is 18.3 Å². The molecule has 2 saturated heterocycles. The first-order chi connectivity index (χ1) is 13.3. The summed E-state index contributed by atoms with van der Waals surface area (Å²) >= 11 is 0. The minimum atomic E-state index is -2.66. The Labute approximate surface area is 163 Å². The first-order valence-electron chi connectivity index (χ1n) is 9.97. The number of nitrogens with one attached hydrogen (secondary N) is 1. The zero-order chi connectivity index (χ0) is 19.9. The van der Waals surface area contributed by atoms with Crippen LogP contribution < -0.4 is 4.90 Å². The number of rotatable bonds is 3. The van der Waals surface area contributed by atoms with Crippen molar-refractivity contribution in [1.82, 2.24) is 19.8 Å². The average Bonchev–Trinajstić information content (AvgIpc) is 3.11. The summed E-state index contributed by atoms with van der Waals surface area (Å²) in [5, 5.41) is 0.918. The van der Waals surface area contributed by atoms with E-state index in [0.717, 1.165) is 42.9 Å². The van der Waals surface area contributed by atoms with Gasteiger partial charge in [0.2, 0.25) is 0 Å². The van der Waals surface area contributed by atoms with Crippen molar-refractivity contribution in [3.05, 3.63) is 24.0 Å². The fourth-order valence-electron chi connectivity index (χ4n) is 3.98. The molecule has 0 unspecified atom stereocenters. The van der Waals surface area contributed by atoms with E-state index in [-0.39, 0.29) is 31.8 Å². The second-order valence-electron chi connectivity index (χ2n) is 8.08. The van der Waals surface area contributed by atoms with Crippen molar-refractivity contribution in [2.75, 3.05) is 44.2 Å². The smallest absolute Gasteiger partial charge is 0.270 e. The number of amides is 1. The number of hydrogen-bond donors (Lipinski definition) is 1. The summed E-state index contributed by atoms with van der Waals surface area (Å²) < 4.78 is 26.7. The maximum absolute atomic E-state index is 13.3. The molecule has 28 heavy (non-hydrogen) atoms. The van der Waals surface area contributed by atoms with Gasteiger partial charge in [-0.05, 0) is 26.0 Å². The average molecular weight is 391 g/mol. The van der Waals surface area contributed by atoms with E-state index in [0.29, 0.717) is 11.7 Å². The zero-order valence-corrected chi connectivity index (χ0v) is 16.4. The topological polar surface area (TPSA) is 55.5 Å². The third-order valence-electron chi connectivity index (χ3n) is 5.87. The maximum atomic E-state index is 13.3. The van der Waals surface area contributed by atoms with Crippen LogP contribution in [0.1, 0.15) is 37.2 Å². The van der Waals surface area contributed by atoms with Crippen molar-refractivity contribution in [3.8, 4) is 0 Å². The number of aromatic amines is 1. The number of piperidine rings is 1. The molecule has 2 aliphatic heterocycles. The SMILES string of the molecule is CC(C)N1CCN(c2cc3cc(C(=O)N4CCC(F)(F)CC4)[nH]c3cn2)CC1. The van der Waals surface area contributed by atoms with Crippen LogP contribution in [-0.2, 0) is 0 Å². The molecule has 6 nitrogen and oxygen atoms in total. The van der Waals surface area contributed by atoms with Gasteiger partial charge in [0.25, 0.3) is 11.8 Å². The zero-order valence-electron chi connectivity index (χ0n) is 16.4. The standard InChI is InChI=1S/C20H27F2N5O/c1-14(2)25-7-9-26(10-8-25)18-12-15-11-16(24-17(15)13-23-18)19(28)27-5-3-20(21,22)4-6-27/h11-14,24H,3-10H2,1-2H3. The molecular weight excluding hydrogens is 364 g/mol. The lowest BCUT2D eigenvalue weighted by Crippen LogP contribution is -2.49. The normalized spacial score (nSPS) is 20.9. The molecule has 0 atom stereocenters. The molecule has 2 aliphatic rings. The minimum absolute atomic E-state index is 0.0881. The number of halogens is 2. The number of fused-ring (bicyclic) bond motifs is 1. The van der Waals surface area contributed by atoms with Gasteiger partial charge in [0.1, 0.15) is 11.5 Å². The van der Waals surface area contributed by atoms with E-state index < -0.39 is 5.92 Å². The molecule has 0 aliphatic carbocycles. The number of alkyl halides is 2. The number of nitrogens with zero attached hydrogens (tertiary/aromatic N) is 4. The van der Waals surface area contributed by atoms with Crippen LogP contribution in [0.25, 0.3) is 10.9 Å². The quantitative estimate of drug-likeness (QED) is 0.874. The molecule has 0 saturated carbocycles. The highest BCUT2D eigenvalue weighted by atomic mass is 19.3. The molecule has 152 valence electrons. The molecule has 0 spiro atoms. The van der Waals surface area contributed by atoms with E-state index in [1.807, 2.05) is 6.07 Å². The van der Waals surface area contributed by atoms with E-state index in [4.69, 9.17) is 0 Å². The number of pyridine rings is 1. The number of hydrogen-bond acceptors (Lipinski definition) is 4. The third-order valence-corrected chi connectivity index (χ3v) is 5.87. The molecule has 1 N–H and O–H groups in total. The number of carbonyl (C=O) groups is 1. The van der Waals surface area contributed by atoms with E-state index >= 15 is 0 Å². The van der Waals surface area contributed by atoms with Crippen molar-refractivity contribution in [3.63, 3.8) is 0 Å². The van der Waals surface area contributed by atoms with Gasteiger partial charge in [-0.2, -0.15) is 0 Å². The van der Waals surface area contributed by atoms with Gasteiger partial charge in [-0.3, -0.25) is 9.69 Å². The lowest BCUT2D eigenvalue weighted by atomic mass is 10.1. The summed E-state index contributed by atoms with van der Waals surface area (Å²) in [6.07, 6.45) is 1.21. The molecule has 4 heterocycles. The Bertz CT molecular complexity index is 847. The van der Waals surface area contributed by atoms with Crippen LogP contribution in [0.3, 0.4) is 0 Å². The second-order valence-corrected chi connectivity index (χ2v) is 8.08. The fourth-order valence-corrected chi connectivity index (χ4v) is 3.98. The van der Waals surface area contributed by atoms with E-state index in [2.05, 4.69) is 33.6 Å². The number of anilines is 1. The maximum Gasteiger partial charge on any atom is 0.270 e. The predicted molar refractivity (Wildman–Crippen MR) is 105 cm³/mol. The van der Waals surface area contributed by atoms with Crippen molar-refractivity contribution >= 4 is 22.6 Å². The van der Waals surface area contributed by atoms with Crippen molar-refractivity contribution in [1.29, 1.82) is 0 Å². The first kappa shape index (κ1) is 19.1. The number of likely N-dealkylation sites (tertiary alicyclic amines) is 1. The molecule has 1 amide bonds. The van der Waals surface area contributed by atoms with Crippen molar-refractivity contribution in [2.45, 2.75) is 38.7 Å². The summed E-state index contributed by atoms with van der Waals surface area (Å²) in [5.74, 6) is -1.97. The Balaban J connectivity index is 1.47. The van der Waals surface area contributed by atoms with Crippen LogP contribution in [0, 0.1) is 0 Å². The molecule has 2 aromatic rings. The van der Waals surface area contributed by atoms with Crippen LogP contribution in [0.5, 0.6) is 0 Å². The molecule has 2 fully saturated rings.